The topological polar surface area (TPSA) is 117 Å². The van der Waals surface area contributed by atoms with Crippen LogP contribution in [-0.2, 0) is 22.4 Å². The van der Waals surface area contributed by atoms with E-state index in [1.165, 1.54) is 0 Å². The van der Waals surface area contributed by atoms with Crippen LogP contribution in [-0.4, -0.2) is 27.8 Å². The van der Waals surface area contributed by atoms with Gasteiger partial charge in [-0.3, -0.25) is 9.59 Å². The summed E-state index contributed by atoms with van der Waals surface area (Å²) in [6, 6.07) is 39.9. The maximum atomic E-state index is 14.2. The van der Waals surface area contributed by atoms with Gasteiger partial charge in [0.15, 0.2) is 5.78 Å². The van der Waals surface area contributed by atoms with Crippen LogP contribution in [0.1, 0.15) is 72.1 Å². The van der Waals surface area contributed by atoms with Crippen molar-refractivity contribution in [3.05, 3.63) is 161 Å². The number of nitrogens with two attached hydrogens (primary N) is 1. The third-order valence-corrected chi connectivity index (χ3v) is 10.0. The molecule has 1 heterocycles. The molecule has 1 saturated carbocycles. The molecule has 7 nitrogen and oxygen atoms in total. The number of carbonyl (C=O) groups excluding carboxylic acids is 2. The molecular weight excluding hydrogens is 620 g/mol. The van der Waals surface area contributed by atoms with Crippen LogP contribution in [0.3, 0.4) is 0 Å². The molecule has 6 rings (SSSR count). The molecule has 5 aromatic rings. The number of hydrogen-bond donors (Lipinski definition) is 4. The Morgan fingerprint density at radius 3 is 2.16 bits per heavy atom. The van der Waals surface area contributed by atoms with Crippen molar-refractivity contribution in [1.29, 1.82) is 0 Å². The van der Waals surface area contributed by atoms with Crippen molar-refractivity contribution in [2.45, 2.75) is 63.1 Å². The van der Waals surface area contributed by atoms with E-state index >= 15 is 0 Å². The van der Waals surface area contributed by atoms with Gasteiger partial charge in [0.05, 0.1) is 18.2 Å². The highest BCUT2D eigenvalue weighted by molar-refractivity contribution is 5.98. The van der Waals surface area contributed by atoms with Gasteiger partial charge < -0.3 is 21.5 Å². The lowest BCUT2D eigenvalue weighted by atomic mass is 9.78. The maximum absolute atomic E-state index is 14.2. The highest BCUT2D eigenvalue weighted by atomic mass is 16.3. The van der Waals surface area contributed by atoms with Crippen LogP contribution in [0.5, 0.6) is 0 Å². The van der Waals surface area contributed by atoms with Crippen molar-refractivity contribution in [1.82, 2.24) is 4.98 Å². The summed E-state index contributed by atoms with van der Waals surface area (Å²) in [6.45, 7) is 2.12. The quantitative estimate of drug-likeness (QED) is 0.0961. The number of aryl methyl sites for hydroxylation is 1. The van der Waals surface area contributed by atoms with Crippen LogP contribution in [0.4, 0.5) is 11.5 Å². The van der Waals surface area contributed by atoms with Crippen LogP contribution >= 0.6 is 0 Å². The highest BCUT2D eigenvalue weighted by Crippen LogP contribution is 2.46. The van der Waals surface area contributed by atoms with E-state index in [-0.39, 0.29) is 11.7 Å². The average molecular weight is 667 g/mol. The number of benzene rings is 4. The molecule has 0 spiro atoms. The number of Topliss-reactive ketones (excluding diaryl/α,β-unsaturated/α-hetero) is 1. The monoisotopic (exact) mass is 666 g/mol. The first-order valence-electron chi connectivity index (χ1n) is 17.7. The van der Waals surface area contributed by atoms with E-state index in [9.17, 15) is 14.7 Å². The van der Waals surface area contributed by atoms with Gasteiger partial charge in [0.2, 0.25) is 5.91 Å². The molecule has 0 aliphatic heterocycles. The van der Waals surface area contributed by atoms with Gasteiger partial charge in [-0.1, -0.05) is 123 Å². The first kappa shape index (κ1) is 34.7. The van der Waals surface area contributed by atoms with Crippen molar-refractivity contribution < 1.29 is 14.7 Å². The minimum atomic E-state index is -0.892. The highest BCUT2D eigenvalue weighted by Gasteiger charge is 2.40. The molecule has 1 aromatic heterocycles. The van der Waals surface area contributed by atoms with Gasteiger partial charge in [-0.25, -0.2) is 4.98 Å². The smallest absolute Gasteiger partial charge is 0.228 e. The van der Waals surface area contributed by atoms with E-state index in [0.717, 1.165) is 40.7 Å². The standard InChI is InChI=1S/C43H46N4O3/c1-2-30-18-9-10-21-32(30)39(41(48)31-19-7-4-8-20-31)40(47-38-26-13-14-27-45-38)35-22-11-12-25-37(35)46-43(50)34-24-15-23-33(34)42(49)36(44)28-29-16-5-3-6-17-29/h3-14,16-22,25-27,33-34,36,39-41,48H,2,15,23-24,28,44H2,1H3,(H,45,47)(H,46,50). The number of carbonyl (C=O) groups is 2. The second-order valence-corrected chi connectivity index (χ2v) is 13.2. The minimum absolute atomic E-state index is 0.0586. The fourth-order valence-electron chi connectivity index (χ4n) is 7.50. The van der Waals surface area contributed by atoms with E-state index < -0.39 is 35.9 Å². The maximum Gasteiger partial charge on any atom is 0.228 e. The first-order valence-corrected chi connectivity index (χ1v) is 17.7. The number of nitrogens with zero attached hydrogens (tertiary/aromatic N) is 1. The zero-order valence-corrected chi connectivity index (χ0v) is 28.5. The Balaban J connectivity index is 1.35. The Morgan fingerprint density at radius 2 is 1.44 bits per heavy atom. The van der Waals surface area contributed by atoms with E-state index in [1.807, 2.05) is 115 Å². The Kier molecular flexibility index (Phi) is 11.5. The largest absolute Gasteiger partial charge is 0.388 e. The van der Waals surface area contributed by atoms with Gasteiger partial charge in [-0.05, 0) is 71.7 Å². The Bertz CT molecular complexity index is 1850. The molecule has 0 bridgehead atoms. The number of ketones is 1. The molecule has 1 aliphatic rings. The van der Waals surface area contributed by atoms with E-state index in [4.69, 9.17) is 5.73 Å². The summed E-state index contributed by atoms with van der Waals surface area (Å²) < 4.78 is 0. The lowest BCUT2D eigenvalue weighted by Gasteiger charge is -2.35. The second-order valence-electron chi connectivity index (χ2n) is 13.2. The summed E-state index contributed by atoms with van der Waals surface area (Å²) in [7, 11) is 0. The lowest BCUT2D eigenvalue weighted by Crippen LogP contribution is -2.41. The summed E-state index contributed by atoms with van der Waals surface area (Å²) in [5.41, 5.74) is 11.8. The first-order chi connectivity index (χ1) is 24.4. The minimum Gasteiger partial charge on any atom is -0.388 e. The van der Waals surface area contributed by atoms with E-state index in [2.05, 4.69) is 34.7 Å². The van der Waals surface area contributed by atoms with Crippen LogP contribution in [0.15, 0.2) is 134 Å². The van der Waals surface area contributed by atoms with Gasteiger partial charge >= 0.3 is 0 Å². The third-order valence-electron chi connectivity index (χ3n) is 10.0. The third kappa shape index (κ3) is 8.02. The molecule has 4 aromatic carbocycles. The molecule has 7 heteroatoms. The van der Waals surface area contributed by atoms with Crippen LogP contribution < -0.4 is 16.4 Å². The molecule has 1 amide bonds. The molecular formula is C43H46N4O3. The number of amides is 1. The molecule has 6 unspecified atom stereocenters. The number of hydrogen-bond acceptors (Lipinski definition) is 6. The Labute approximate surface area is 295 Å². The number of pyridine rings is 1. The van der Waals surface area contributed by atoms with Crippen molar-refractivity contribution in [2.24, 2.45) is 17.6 Å². The van der Waals surface area contributed by atoms with Crippen molar-refractivity contribution >= 4 is 23.2 Å². The number of para-hydroxylation sites is 1. The van der Waals surface area contributed by atoms with Crippen molar-refractivity contribution in [2.75, 3.05) is 10.6 Å². The number of aliphatic hydroxyl groups excluding tert-OH is 1. The zero-order valence-electron chi connectivity index (χ0n) is 28.5. The summed E-state index contributed by atoms with van der Waals surface area (Å²) in [4.78, 5) is 32.4. The van der Waals surface area contributed by atoms with Gasteiger partial charge in [-0.15, -0.1) is 0 Å². The van der Waals surface area contributed by atoms with Crippen LogP contribution in [0.2, 0.25) is 0 Å². The molecule has 0 saturated heterocycles. The van der Waals surface area contributed by atoms with Gasteiger partial charge in [0, 0.05) is 29.6 Å². The summed E-state index contributed by atoms with van der Waals surface area (Å²) >= 11 is 0. The summed E-state index contributed by atoms with van der Waals surface area (Å²) in [5, 5.41) is 19.1. The predicted molar refractivity (Wildman–Crippen MR) is 200 cm³/mol. The fraction of sp³-hybridized carbons (Fsp3) is 0.279. The van der Waals surface area contributed by atoms with Gasteiger partial charge in [0.1, 0.15) is 5.82 Å². The predicted octanol–water partition coefficient (Wildman–Crippen LogP) is 7.81. The van der Waals surface area contributed by atoms with Gasteiger partial charge in [-0.2, -0.15) is 0 Å². The molecule has 0 radical (unpaired) electrons. The average Bonchev–Trinajstić information content (AvgIpc) is 3.66. The Morgan fingerprint density at radius 1 is 0.800 bits per heavy atom. The molecule has 1 aliphatic carbocycles. The SMILES string of the molecule is CCc1ccccc1C(C(O)c1ccccc1)C(Nc1ccccn1)c1ccccc1NC(=O)C1CCCC1C(=O)C(N)Cc1ccccc1. The van der Waals surface area contributed by atoms with E-state index in [1.54, 1.807) is 6.20 Å². The number of aliphatic hydroxyl groups is 1. The van der Waals surface area contributed by atoms with Crippen LogP contribution in [0, 0.1) is 11.8 Å². The van der Waals surface area contributed by atoms with Crippen molar-refractivity contribution in [3.8, 4) is 0 Å². The Hall–Kier alpha value is -5.11. The molecule has 256 valence electrons. The lowest BCUT2D eigenvalue weighted by molar-refractivity contribution is -0.130. The molecule has 1 fully saturated rings. The molecule has 6 atom stereocenters. The number of anilines is 2. The zero-order chi connectivity index (χ0) is 34.9. The van der Waals surface area contributed by atoms with Crippen LogP contribution in [0.25, 0.3) is 0 Å². The van der Waals surface area contributed by atoms with E-state index in [0.29, 0.717) is 30.8 Å². The summed E-state index contributed by atoms with van der Waals surface area (Å²) in [6.07, 6.45) is 4.12. The van der Waals surface area contributed by atoms with Gasteiger partial charge in [0.25, 0.3) is 0 Å². The molecule has 5 N–H and O–H groups in total. The number of nitrogens with one attached hydrogen (secondary N) is 2. The number of aromatic nitrogens is 1. The normalized spacial score (nSPS) is 18.1. The second kappa shape index (κ2) is 16.5. The number of rotatable bonds is 14. The fourth-order valence-corrected chi connectivity index (χ4v) is 7.50. The molecule has 50 heavy (non-hydrogen) atoms. The summed E-state index contributed by atoms with van der Waals surface area (Å²) in [5.74, 6) is -0.988. The van der Waals surface area contributed by atoms with Crippen molar-refractivity contribution in [3.63, 3.8) is 0 Å².